The number of hydrogen-bond donors (Lipinski definition) is 2. The van der Waals surface area contributed by atoms with Crippen molar-refractivity contribution >= 4 is 50.9 Å². The summed E-state index contributed by atoms with van der Waals surface area (Å²) in [5.74, 6) is -0.320. The highest BCUT2D eigenvalue weighted by Gasteiger charge is 2.58. The Hall–Kier alpha value is -2.06. The first-order chi connectivity index (χ1) is 12.2. The van der Waals surface area contributed by atoms with E-state index in [1.54, 1.807) is 23.9 Å². The van der Waals surface area contributed by atoms with Crippen molar-refractivity contribution in [1.82, 2.24) is 9.78 Å². The Kier molecular flexibility index (Phi) is 3.65. The number of nitrogens with zero attached hydrogens (tertiary/aromatic N) is 2. The number of amides is 2. The van der Waals surface area contributed by atoms with E-state index in [9.17, 15) is 14.4 Å². The Morgan fingerprint density at radius 2 is 1.96 bits per heavy atom. The van der Waals surface area contributed by atoms with Crippen molar-refractivity contribution in [2.24, 2.45) is 0 Å². The second kappa shape index (κ2) is 5.47. The Bertz CT molecular complexity index is 1040. The first-order valence-corrected chi connectivity index (χ1v) is 9.28. The molecule has 2 N–H and O–H groups in total. The molecule has 0 unspecified atom stereocenters. The lowest BCUT2D eigenvalue weighted by Gasteiger charge is -2.32. The minimum absolute atomic E-state index is 0.0956. The molecule has 1 aromatic carbocycles. The normalized spacial score (nSPS) is 21.4. The van der Waals surface area contributed by atoms with Crippen LogP contribution in [0.1, 0.15) is 37.4 Å². The fourth-order valence-electron chi connectivity index (χ4n) is 4.01. The number of carbonyl (C=O) groups excluding carboxylic acids is 2. The summed E-state index contributed by atoms with van der Waals surface area (Å²) in [4.78, 5) is 40.2. The zero-order chi connectivity index (χ0) is 19.0. The van der Waals surface area contributed by atoms with Crippen molar-refractivity contribution in [3.05, 3.63) is 43.1 Å². The third kappa shape index (κ3) is 2.02. The molecule has 0 saturated carbocycles. The summed E-state index contributed by atoms with van der Waals surface area (Å²) in [5, 5.41) is 5.89. The summed E-state index contributed by atoms with van der Waals surface area (Å²) in [7, 11) is 1.61. The summed E-state index contributed by atoms with van der Waals surface area (Å²) in [5.41, 5.74) is -0.428. The topological polar surface area (TPSA) is 87.2 Å². The SMILES string of the molecule is CC(C)n1[nH]c(=O)c2c1NC(=O)C[C@@]21C(=O)N(C)c2c(Cl)cc(Br)cc21. The summed E-state index contributed by atoms with van der Waals surface area (Å²) in [6.07, 6.45) is -0.145. The van der Waals surface area contributed by atoms with Crippen LogP contribution in [0.15, 0.2) is 21.4 Å². The molecule has 0 fully saturated rings. The van der Waals surface area contributed by atoms with E-state index < -0.39 is 5.41 Å². The van der Waals surface area contributed by atoms with Crippen LogP contribution in [0.5, 0.6) is 0 Å². The van der Waals surface area contributed by atoms with Crippen LogP contribution in [0.2, 0.25) is 5.02 Å². The predicted molar refractivity (Wildman–Crippen MR) is 102 cm³/mol. The van der Waals surface area contributed by atoms with Gasteiger partial charge in [0.25, 0.3) is 5.56 Å². The van der Waals surface area contributed by atoms with Crippen molar-refractivity contribution in [3.63, 3.8) is 0 Å². The van der Waals surface area contributed by atoms with Gasteiger partial charge in [-0.2, -0.15) is 0 Å². The molecule has 4 rings (SSSR count). The molecular weight excluding hydrogens is 424 g/mol. The lowest BCUT2D eigenvalue weighted by molar-refractivity contribution is -0.126. The van der Waals surface area contributed by atoms with Crippen LogP contribution >= 0.6 is 27.5 Å². The quantitative estimate of drug-likeness (QED) is 0.716. The molecule has 0 bridgehead atoms. The van der Waals surface area contributed by atoms with Crippen molar-refractivity contribution < 1.29 is 9.59 Å². The van der Waals surface area contributed by atoms with Gasteiger partial charge in [-0.05, 0) is 31.5 Å². The first kappa shape index (κ1) is 17.4. The Morgan fingerprint density at radius 1 is 1.27 bits per heavy atom. The largest absolute Gasteiger partial charge is 0.313 e. The van der Waals surface area contributed by atoms with Crippen molar-refractivity contribution in [2.45, 2.75) is 31.7 Å². The predicted octanol–water partition coefficient (Wildman–Crippen LogP) is 2.78. The number of fused-ring (bicyclic) bond motifs is 4. The number of anilines is 2. The molecule has 2 aromatic rings. The highest BCUT2D eigenvalue weighted by atomic mass is 79.9. The molecule has 1 aromatic heterocycles. The lowest BCUT2D eigenvalue weighted by Crippen LogP contribution is -2.47. The van der Waals surface area contributed by atoms with E-state index in [2.05, 4.69) is 26.3 Å². The molecule has 1 atom stereocenters. The van der Waals surface area contributed by atoms with Crippen molar-refractivity contribution in [2.75, 3.05) is 17.3 Å². The maximum Gasteiger partial charge on any atom is 0.270 e. The molecule has 2 aliphatic heterocycles. The summed E-state index contributed by atoms with van der Waals surface area (Å²) in [6, 6.07) is 3.36. The van der Waals surface area contributed by atoms with Crippen LogP contribution in [0.3, 0.4) is 0 Å². The van der Waals surface area contributed by atoms with Crippen LogP contribution in [-0.4, -0.2) is 28.6 Å². The molecule has 0 saturated heterocycles. The van der Waals surface area contributed by atoms with E-state index in [-0.39, 0.29) is 35.4 Å². The van der Waals surface area contributed by atoms with E-state index in [1.807, 2.05) is 13.8 Å². The highest BCUT2D eigenvalue weighted by Crippen LogP contribution is 2.53. The average Bonchev–Trinajstić information content (AvgIpc) is 2.97. The van der Waals surface area contributed by atoms with E-state index >= 15 is 0 Å². The van der Waals surface area contributed by atoms with Crippen LogP contribution in [0.4, 0.5) is 11.5 Å². The maximum absolute atomic E-state index is 13.4. The molecule has 2 aliphatic rings. The van der Waals surface area contributed by atoms with Crippen LogP contribution in [0.25, 0.3) is 0 Å². The summed E-state index contributed by atoms with van der Waals surface area (Å²) >= 11 is 9.78. The number of benzene rings is 1. The number of nitrogens with one attached hydrogen (secondary N) is 2. The number of halogens is 2. The Labute approximate surface area is 162 Å². The second-order valence-corrected chi connectivity index (χ2v) is 8.23. The minimum atomic E-state index is -1.39. The van der Waals surface area contributed by atoms with Gasteiger partial charge in [0.2, 0.25) is 11.8 Å². The number of hydrogen-bond acceptors (Lipinski definition) is 3. The standard InChI is InChI=1S/C17H16BrClN4O3/c1-7(2)23-14-12(15(25)21-23)17(6-11(24)20-14)9-4-8(18)5-10(19)13(9)22(3)16(17)26/h4-5,7H,6H2,1-3H3,(H,20,24)(H,21,25)/t17-/m0/s1. The highest BCUT2D eigenvalue weighted by molar-refractivity contribution is 9.10. The molecule has 1 spiro atoms. The van der Waals surface area contributed by atoms with Gasteiger partial charge in [-0.15, -0.1) is 0 Å². The molecule has 26 heavy (non-hydrogen) atoms. The molecule has 0 aliphatic carbocycles. The third-order valence-corrected chi connectivity index (χ3v) is 5.79. The lowest BCUT2D eigenvalue weighted by atomic mass is 9.71. The number of carbonyl (C=O) groups is 2. The molecule has 7 nitrogen and oxygen atoms in total. The van der Waals surface area contributed by atoms with Gasteiger partial charge < -0.3 is 10.2 Å². The van der Waals surface area contributed by atoms with Gasteiger partial charge in [0, 0.05) is 17.6 Å². The molecule has 2 amide bonds. The number of aromatic amines is 1. The van der Waals surface area contributed by atoms with Gasteiger partial charge in [-0.3, -0.25) is 24.2 Å². The Balaban J connectivity index is 2.14. The van der Waals surface area contributed by atoms with Gasteiger partial charge >= 0.3 is 0 Å². The van der Waals surface area contributed by atoms with Crippen molar-refractivity contribution in [3.8, 4) is 0 Å². The number of H-pyrrole nitrogens is 1. The van der Waals surface area contributed by atoms with Gasteiger partial charge in [-0.1, -0.05) is 27.5 Å². The smallest absolute Gasteiger partial charge is 0.270 e. The fourth-order valence-corrected chi connectivity index (χ4v) is 4.94. The van der Waals surface area contributed by atoms with E-state index in [0.717, 1.165) is 0 Å². The molecule has 3 heterocycles. The van der Waals surface area contributed by atoms with Gasteiger partial charge in [-0.25, -0.2) is 0 Å². The van der Waals surface area contributed by atoms with E-state index in [4.69, 9.17) is 11.6 Å². The molecule has 0 radical (unpaired) electrons. The second-order valence-electron chi connectivity index (χ2n) is 6.91. The molecule has 136 valence electrons. The summed E-state index contributed by atoms with van der Waals surface area (Å²) in [6.45, 7) is 3.77. The van der Waals surface area contributed by atoms with Gasteiger partial charge in [0.1, 0.15) is 11.2 Å². The fraction of sp³-hybridized carbons (Fsp3) is 0.353. The number of likely N-dealkylation sites (N-methyl/N-ethyl adjacent to an activating group) is 1. The van der Waals surface area contributed by atoms with E-state index in [0.29, 0.717) is 26.6 Å². The molecular formula is C17H16BrClN4O3. The Morgan fingerprint density at radius 3 is 2.62 bits per heavy atom. The average molecular weight is 440 g/mol. The first-order valence-electron chi connectivity index (χ1n) is 8.11. The van der Waals surface area contributed by atoms with Gasteiger partial charge in [0.15, 0.2) is 0 Å². The van der Waals surface area contributed by atoms with Gasteiger partial charge in [0.05, 0.1) is 22.7 Å². The minimum Gasteiger partial charge on any atom is -0.313 e. The monoisotopic (exact) mass is 438 g/mol. The van der Waals surface area contributed by atoms with Crippen molar-refractivity contribution in [1.29, 1.82) is 0 Å². The maximum atomic E-state index is 13.4. The third-order valence-electron chi connectivity index (χ3n) is 5.05. The van der Waals surface area contributed by atoms with Crippen LogP contribution < -0.4 is 15.8 Å². The number of rotatable bonds is 1. The number of aromatic nitrogens is 2. The van der Waals surface area contributed by atoms with Crippen LogP contribution in [-0.2, 0) is 15.0 Å². The van der Waals surface area contributed by atoms with E-state index in [1.165, 1.54) is 4.90 Å². The molecule has 9 heteroatoms. The van der Waals surface area contributed by atoms with Crippen LogP contribution in [0, 0.1) is 0 Å². The zero-order valence-electron chi connectivity index (χ0n) is 14.3. The summed E-state index contributed by atoms with van der Waals surface area (Å²) < 4.78 is 2.26. The zero-order valence-corrected chi connectivity index (χ0v) is 16.7.